The maximum absolute atomic E-state index is 13.0. The lowest BCUT2D eigenvalue weighted by Gasteiger charge is -2.25. The van der Waals surface area contributed by atoms with Crippen molar-refractivity contribution in [3.63, 3.8) is 0 Å². The monoisotopic (exact) mass is 803 g/mol. The average Bonchev–Trinajstić information content (AvgIpc) is 3.92. The Balaban J connectivity index is 1.16. The Morgan fingerprint density at radius 3 is 2.11 bits per heavy atom. The first-order valence-corrected chi connectivity index (χ1v) is 17.0. The molecule has 0 spiro atoms. The van der Waals surface area contributed by atoms with Crippen LogP contribution in [0.25, 0.3) is 0 Å². The number of halogens is 7. The van der Waals surface area contributed by atoms with Crippen LogP contribution in [0.1, 0.15) is 53.7 Å². The second kappa shape index (κ2) is 16.3. The Morgan fingerprint density at radius 2 is 1.50 bits per heavy atom. The first-order chi connectivity index (χ1) is 26.2. The van der Waals surface area contributed by atoms with Gasteiger partial charge in [0.05, 0.1) is 22.4 Å². The molecule has 0 saturated heterocycles. The molecule has 56 heavy (non-hydrogen) atoms. The van der Waals surface area contributed by atoms with E-state index in [9.17, 15) is 46.0 Å². The van der Waals surface area contributed by atoms with Gasteiger partial charge in [-0.2, -0.15) is 46.6 Å². The van der Waals surface area contributed by atoms with E-state index in [2.05, 4.69) is 41.5 Å². The zero-order chi connectivity index (χ0) is 40.9. The standard InChI is InChI=1S/C36H32ClF6N9O4/c1-33(2,18-46-28(54)29(55)48-26-12-7-23(36(41,42)43)15-21(26)16-44)17-45-27(53)20-3-10-25(11-4-20)47-30-49-31(51-32(50-30)56-19-35(38,39)40)52-34(13-14-34)22-5-8-24(37)9-6-22/h3-12,15H,13-14,17-19H2,1-2H3,(H,45,53)(H,46,54)(H,48,55)(H2,47,49,50,51,52). The minimum atomic E-state index is -4.71. The molecule has 0 aliphatic heterocycles. The van der Waals surface area contributed by atoms with Gasteiger partial charge in [0.2, 0.25) is 11.9 Å². The molecule has 4 aromatic rings. The zero-order valence-corrected chi connectivity index (χ0v) is 30.2. The number of amides is 3. The van der Waals surface area contributed by atoms with Gasteiger partial charge in [0.15, 0.2) is 6.61 Å². The number of carbonyl (C=O) groups excluding carboxylic acids is 3. The maximum atomic E-state index is 13.0. The number of ether oxygens (including phenoxy) is 1. The van der Waals surface area contributed by atoms with Gasteiger partial charge in [-0.15, -0.1) is 0 Å². The van der Waals surface area contributed by atoms with Crippen LogP contribution in [-0.4, -0.2) is 58.5 Å². The summed E-state index contributed by atoms with van der Waals surface area (Å²) in [6.45, 7) is 1.68. The summed E-state index contributed by atoms with van der Waals surface area (Å²) >= 11 is 6.02. The van der Waals surface area contributed by atoms with E-state index in [0.29, 0.717) is 35.7 Å². The van der Waals surface area contributed by atoms with Gasteiger partial charge in [-0.05, 0) is 78.4 Å². The Kier molecular flexibility index (Phi) is 11.9. The number of rotatable bonds is 13. The van der Waals surface area contributed by atoms with E-state index in [-0.39, 0.29) is 36.2 Å². The first-order valence-electron chi connectivity index (χ1n) is 16.6. The number of hydrogen-bond acceptors (Lipinski definition) is 10. The van der Waals surface area contributed by atoms with Gasteiger partial charge in [0, 0.05) is 29.4 Å². The van der Waals surface area contributed by atoms with Crippen molar-refractivity contribution >= 4 is 52.6 Å². The molecule has 294 valence electrons. The minimum Gasteiger partial charge on any atom is -0.454 e. The predicted octanol–water partition coefficient (Wildman–Crippen LogP) is 6.71. The highest BCUT2D eigenvalue weighted by molar-refractivity contribution is 6.39. The van der Waals surface area contributed by atoms with E-state index in [1.165, 1.54) is 24.3 Å². The van der Waals surface area contributed by atoms with Crippen LogP contribution >= 0.6 is 11.6 Å². The lowest BCUT2D eigenvalue weighted by Crippen LogP contribution is -2.45. The number of alkyl halides is 6. The molecular weight excluding hydrogens is 772 g/mol. The van der Waals surface area contributed by atoms with Gasteiger partial charge in [-0.25, -0.2) is 0 Å². The largest absolute Gasteiger partial charge is 0.454 e. The molecule has 0 radical (unpaired) electrons. The van der Waals surface area contributed by atoms with Crippen LogP contribution in [0.4, 0.5) is 49.6 Å². The van der Waals surface area contributed by atoms with Crippen LogP contribution in [-0.2, 0) is 21.3 Å². The molecule has 0 atom stereocenters. The number of nitrogens with one attached hydrogen (secondary N) is 5. The second-order valence-electron chi connectivity index (χ2n) is 13.4. The summed E-state index contributed by atoms with van der Waals surface area (Å²) in [5.41, 5.74) is -1.72. The van der Waals surface area contributed by atoms with Gasteiger partial charge in [0.25, 0.3) is 5.91 Å². The molecule has 1 aliphatic carbocycles. The van der Waals surface area contributed by atoms with Gasteiger partial charge in [-0.3, -0.25) is 14.4 Å². The Morgan fingerprint density at radius 1 is 0.857 bits per heavy atom. The summed E-state index contributed by atoms with van der Waals surface area (Å²) in [4.78, 5) is 50.1. The van der Waals surface area contributed by atoms with E-state index in [1.807, 2.05) is 12.1 Å². The van der Waals surface area contributed by atoms with Crippen LogP contribution in [0.5, 0.6) is 6.01 Å². The van der Waals surface area contributed by atoms with Crippen molar-refractivity contribution in [2.45, 2.75) is 44.6 Å². The van der Waals surface area contributed by atoms with Crippen molar-refractivity contribution < 1.29 is 45.5 Å². The summed E-state index contributed by atoms with van der Waals surface area (Å²) < 4.78 is 82.5. The molecule has 3 amide bonds. The third-order valence-corrected chi connectivity index (χ3v) is 8.51. The van der Waals surface area contributed by atoms with Crippen LogP contribution in [0.2, 0.25) is 5.02 Å². The molecule has 1 aliphatic rings. The molecule has 5 rings (SSSR count). The van der Waals surface area contributed by atoms with Gasteiger partial charge < -0.3 is 31.3 Å². The highest BCUT2D eigenvalue weighted by Crippen LogP contribution is 2.48. The predicted molar refractivity (Wildman–Crippen MR) is 191 cm³/mol. The number of carbonyl (C=O) groups is 3. The molecule has 13 nitrogen and oxygen atoms in total. The Hall–Kier alpha value is -6.16. The lowest BCUT2D eigenvalue weighted by atomic mass is 9.93. The molecule has 20 heteroatoms. The van der Waals surface area contributed by atoms with Crippen molar-refractivity contribution in [3.8, 4) is 12.1 Å². The van der Waals surface area contributed by atoms with E-state index in [0.717, 1.165) is 11.6 Å². The summed E-state index contributed by atoms with van der Waals surface area (Å²) in [6, 6.07) is 16.1. The highest BCUT2D eigenvalue weighted by Gasteiger charge is 2.45. The topological polar surface area (TPSA) is 183 Å². The molecule has 0 bridgehead atoms. The molecule has 1 heterocycles. The molecule has 1 saturated carbocycles. The zero-order valence-electron chi connectivity index (χ0n) is 29.5. The van der Waals surface area contributed by atoms with E-state index in [4.69, 9.17) is 16.3 Å². The fourth-order valence-corrected chi connectivity index (χ4v) is 5.22. The fraction of sp³-hybridized carbons (Fsp3) is 0.306. The molecule has 5 N–H and O–H groups in total. The van der Waals surface area contributed by atoms with E-state index >= 15 is 0 Å². The molecule has 1 fully saturated rings. The average molecular weight is 804 g/mol. The van der Waals surface area contributed by atoms with Gasteiger partial charge >= 0.3 is 30.2 Å². The third-order valence-electron chi connectivity index (χ3n) is 8.26. The van der Waals surface area contributed by atoms with Crippen molar-refractivity contribution in [2.75, 3.05) is 35.6 Å². The molecular formula is C36H32ClF6N9O4. The SMILES string of the molecule is CC(C)(CNC(=O)C(=O)Nc1ccc(C(F)(F)F)cc1C#N)CNC(=O)c1ccc(Nc2nc(NC3(c4ccc(Cl)cc4)CC3)nc(OCC(F)(F)F)n2)cc1. The quantitative estimate of drug-likeness (QED) is 0.0720. The number of anilines is 4. The maximum Gasteiger partial charge on any atom is 0.422 e. The summed E-state index contributed by atoms with van der Waals surface area (Å²) in [5.74, 6) is -2.99. The Labute approximate surface area is 320 Å². The van der Waals surface area contributed by atoms with Crippen LogP contribution in [0.3, 0.4) is 0 Å². The fourth-order valence-electron chi connectivity index (χ4n) is 5.09. The number of hydrogen-bond donors (Lipinski definition) is 5. The molecule has 0 unspecified atom stereocenters. The summed E-state index contributed by atoms with van der Waals surface area (Å²) in [7, 11) is 0. The van der Waals surface area contributed by atoms with E-state index in [1.54, 1.807) is 32.0 Å². The summed E-state index contributed by atoms with van der Waals surface area (Å²) in [5, 5.41) is 23.0. The highest BCUT2D eigenvalue weighted by atomic mass is 35.5. The minimum absolute atomic E-state index is 0.0318. The van der Waals surface area contributed by atoms with Crippen LogP contribution in [0.15, 0.2) is 66.7 Å². The molecule has 3 aromatic carbocycles. The first kappa shape index (κ1) is 41.0. The van der Waals surface area contributed by atoms with Crippen molar-refractivity contribution in [1.82, 2.24) is 25.6 Å². The van der Waals surface area contributed by atoms with Crippen molar-refractivity contribution in [3.05, 3.63) is 94.0 Å². The summed E-state index contributed by atoms with van der Waals surface area (Å²) in [6.07, 6.45) is -7.95. The van der Waals surface area contributed by atoms with E-state index < -0.39 is 64.8 Å². The normalized spacial score (nSPS) is 13.5. The van der Waals surface area contributed by atoms with Crippen LogP contribution in [0, 0.1) is 16.7 Å². The number of nitriles is 1. The number of aromatic nitrogens is 3. The number of nitrogens with zero attached hydrogens (tertiary/aromatic N) is 4. The lowest BCUT2D eigenvalue weighted by molar-refractivity contribution is -0.154. The van der Waals surface area contributed by atoms with Crippen LogP contribution < -0.4 is 31.3 Å². The van der Waals surface area contributed by atoms with Crippen molar-refractivity contribution in [1.29, 1.82) is 5.26 Å². The van der Waals surface area contributed by atoms with Gasteiger partial charge in [0.1, 0.15) is 6.07 Å². The van der Waals surface area contributed by atoms with Gasteiger partial charge in [-0.1, -0.05) is 37.6 Å². The third kappa shape index (κ3) is 11.2. The second-order valence-corrected chi connectivity index (χ2v) is 13.9. The Bertz CT molecular complexity index is 2140. The van der Waals surface area contributed by atoms with Crippen molar-refractivity contribution in [2.24, 2.45) is 5.41 Å². The molecule has 1 aromatic heterocycles. The number of benzene rings is 3. The smallest absolute Gasteiger partial charge is 0.422 e.